The van der Waals surface area contributed by atoms with E-state index in [9.17, 15) is 4.79 Å². The molecule has 0 saturated heterocycles. The molecule has 4 nitrogen and oxygen atoms in total. The molecule has 4 fully saturated rings. The summed E-state index contributed by atoms with van der Waals surface area (Å²) in [6, 6.07) is 0. The summed E-state index contributed by atoms with van der Waals surface area (Å²) in [5.41, 5.74) is -0.716. The molecule has 20 heavy (non-hydrogen) atoms. The summed E-state index contributed by atoms with van der Waals surface area (Å²) in [6.45, 7) is 5.78. The van der Waals surface area contributed by atoms with Crippen molar-refractivity contribution in [3.63, 3.8) is 0 Å². The van der Waals surface area contributed by atoms with E-state index in [0.29, 0.717) is 0 Å². The minimum Gasteiger partial charge on any atom is -0.426 e. The van der Waals surface area contributed by atoms with E-state index in [-0.39, 0.29) is 5.60 Å². The molecular formula is C16H26O4. The van der Waals surface area contributed by atoms with Crippen molar-refractivity contribution in [3.05, 3.63) is 0 Å². The maximum Gasteiger partial charge on any atom is 0.541 e. The van der Waals surface area contributed by atoms with E-state index in [2.05, 4.69) is 0 Å². The fourth-order valence-corrected chi connectivity index (χ4v) is 4.56. The van der Waals surface area contributed by atoms with Crippen LogP contribution < -0.4 is 0 Å². The summed E-state index contributed by atoms with van der Waals surface area (Å²) in [5, 5.41) is 0. The van der Waals surface area contributed by atoms with Gasteiger partial charge in [-0.25, -0.2) is 4.79 Å². The van der Waals surface area contributed by atoms with Gasteiger partial charge in [-0.05, 0) is 76.5 Å². The van der Waals surface area contributed by atoms with Crippen LogP contribution in [-0.2, 0) is 14.5 Å². The lowest BCUT2D eigenvalue weighted by Gasteiger charge is -2.55. The third-order valence-electron chi connectivity index (χ3n) is 5.47. The van der Waals surface area contributed by atoms with Crippen molar-refractivity contribution in [2.75, 3.05) is 0 Å². The molecule has 4 aliphatic carbocycles. The van der Waals surface area contributed by atoms with E-state index in [1.54, 1.807) is 0 Å². The van der Waals surface area contributed by atoms with Crippen molar-refractivity contribution in [1.29, 1.82) is 0 Å². The summed E-state index contributed by atoms with van der Waals surface area (Å²) in [6.07, 6.45) is 7.17. The summed E-state index contributed by atoms with van der Waals surface area (Å²) >= 11 is 0. The third-order valence-corrected chi connectivity index (χ3v) is 5.47. The Morgan fingerprint density at radius 3 is 2.05 bits per heavy atom. The normalized spacial score (nSPS) is 38.9. The quantitative estimate of drug-likeness (QED) is 0.440. The molecule has 114 valence electrons. The highest BCUT2D eigenvalue weighted by Crippen LogP contribution is 2.57. The van der Waals surface area contributed by atoms with E-state index in [0.717, 1.165) is 43.4 Å². The molecule has 0 amide bonds. The first-order chi connectivity index (χ1) is 9.40. The fraction of sp³-hybridized carbons (Fsp3) is 0.938. The molecule has 0 unspecified atom stereocenters. The zero-order valence-corrected chi connectivity index (χ0v) is 12.8. The zero-order chi connectivity index (χ0) is 14.4. The molecule has 0 atom stereocenters. The van der Waals surface area contributed by atoms with Crippen molar-refractivity contribution in [3.8, 4) is 0 Å². The van der Waals surface area contributed by atoms with Crippen LogP contribution >= 0.6 is 0 Å². The van der Waals surface area contributed by atoms with Crippen LogP contribution in [0, 0.1) is 17.8 Å². The second-order valence-corrected chi connectivity index (χ2v) is 7.73. The van der Waals surface area contributed by atoms with Crippen LogP contribution in [0.2, 0.25) is 0 Å². The Bertz CT molecular complexity index is 353. The maximum atomic E-state index is 11.9. The molecule has 0 spiro atoms. The van der Waals surface area contributed by atoms with Gasteiger partial charge >= 0.3 is 6.16 Å². The molecule has 0 heterocycles. The van der Waals surface area contributed by atoms with Crippen LogP contribution in [0.3, 0.4) is 0 Å². The first-order valence-corrected chi connectivity index (χ1v) is 7.98. The number of carbonyl (C=O) groups is 1. The molecule has 0 aliphatic heterocycles. The lowest BCUT2D eigenvalue weighted by Crippen LogP contribution is -2.52. The predicted octanol–water partition coefficient (Wildman–Crippen LogP) is 4.23. The van der Waals surface area contributed by atoms with Gasteiger partial charge < -0.3 is 4.74 Å². The van der Waals surface area contributed by atoms with Crippen LogP contribution in [0.15, 0.2) is 0 Å². The minimum atomic E-state index is -0.659. The second-order valence-electron chi connectivity index (χ2n) is 7.73. The Kier molecular flexibility index (Phi) is 3.47. The average Bonchev–Trinajstić information content (AvgIpc) is 2.34. The van der Waals surface area contributed by atoms with Crippen LogP contribution in [0.1, 0.15) is 65.7 Å². The summed E-state index contributed by atoms with van der Waals surface area (Å²) in [4.78, 5) is 22.0. The summed E-state index contributed by atoms with van der Waals surface area (Å²) in [5.74, 6) is 2.26. The lowest BCUT2D eigenvalue weighted by molar-refractivity contribution is -0.325. The Hall–Kier alpha value is -0.770. The SMILES string of the molecule is CCC(C)(C)OOC(=O)OC12CC3CC(CC(C3)C1)C2. The van der Waals surface area contributed by atoms with Gasteiger partial charge in [-0.3, -0.25) is 4.89 Å². The van der Waals surface area contributed by atoms with E-state index < -0.39 is 11.8 Å². The average molecular weight is 282 g/mol. The Balaban J connectivity index is 1.56. The molecule has 0 N–H and O–H groups in total. The van der Waals surface area contributed by atoms with Crippen LogP contribution in [0.25, 0.3) is 0 Å². The fourth-order valence-electron chi connectivity index (χ4n) is 4.56. The number of ether oxygens (including phenoxy) is 1. The van der Waals surface area contributed by atoms with Crippen molar-refractivity contribution in [1.82, 2.24) is 0 Å². The first kappa shape index (κ1) is 14.2. The third kappa shape index (κ3) is 2.80. The molecule has 4 heteroatoms. The van der Waals surface area contributed by atoms with E-state index in [4.69, 9.17) is 14.5 Å². The molecule has 4 bridgehead atoms. The molecule has 0 aromatic carbocycles. The van der Waals surface area contributed by atoms with E-state index in [1.165, 1.54) is 19.3 Å². The lowest BCUT2D eigenvalue weighted by atomic mass is 9.54. The Morgan fingerprint density at radius 1 is 1.10 bits per heavy atom. The van der Waals surface area contributed by atoms with Gasteiger partial charge in [0.2, 0.25) is 0 Å². The number of rotatable bonds is 4. The second kappa shape index (κ2) is 4.90. The van der Waals surface area contributed by atoms with Gasteiger partial charge in [0.05, 0.1) is 0 Å². The molecule has 4 rings (SSSR count). The minimum absolute atomic E-state index is 0.258. The molecule has 0 aromatic rings. The topological polar surface area (TPSA) is 44.8 Å². The predicted molar refractivity (Wildman–Crippen MR) is 73.9 cm³/mol. The molecular weight excluding hydrogens is 256 g/mol. The highest BCUT2D eigenvalue weighted by atomic mass is 17.2. The van der Waals surface area contributed by atoms with Crippen LogP contribution in [0.5, 0.6) is 0 Å². The van der Waals surface area contributed by atoms with Crippen LogP contribution in [-0.4, -0.2) is 17.4 Å². The number of hydrogen-bond acceptors (Lipinski definition) is 4. The van der Waals surface area contributed by atoms with Crippen molar-refractivity contribution in [2.45, 2.75) is 76.9 Å². The standard InChI is InChI=1S/C16H26O4/c1-4-15(2,3)20-19-14(17)18-16-8-11-5-12(9-16)7-13(6-11)10-16/h11-13H,4-10H2,1-3H3. The zero-order valence-electron chi connectivity index (χ0n) is 12.8. The smallest absolute Gasteiger partial charge is 0.426 e. The van der Waals surface area contributed by atoms with Gasteiger partial charge in [0.25, 0.3) is 0 Å². The highest BCUT2D eigenvalue weighted by Gasteiger charge is 2.53. The van der Waals surface area contributed by atoms with E-state index >= 15 is 0 Å². The van der Waals surface area contributed by atoms with E-state index in [1.807, 2.05) is 20.8 Å². The van der Waals surface area contributed by atoms with Gasteiger partial charge in [0.1, 0.15) is 11.2 Å². The first-order valence-electron chi connectivity index (χ1n) is 7.98. The van der Waals surface area contributed by atoms with Gasteiger partial charge in [-0.2, -0.15) is 4.89 Å². The maximum absolute atomic E-state index is 11.9. The molecule has 0 aromatic heterocycles. The largest absolute Gasteiger partial charge is 0.541 e. The summed E-state index contributed by atoms with van der Waals surface area (Å²) in [7, 11) is 0. The molecule has 4 aliphatic rings. The van der Waals surface area contributed by atoms with Gasteiger partial charge in [-0.1, -0.05) is 6.92 Å². The monoisotopic (exact) mass is 282 g/mol. The van der Waals surface area contributed by atoms with Crippen molar-refractivity contribution >= 4 is 6.16 Å². The van der Waals surface area contributed by atoms with Gasteiger partial charge in [0, 0.05) is 0 Å². The van der Waals surface area contributed by atoms with Crippen LogP contribution in [0.4, 0.5) is 4.79 Å². The van der Waals surface area contributed by atoms with Crippen molar-refractivity contribution < 1.29 is 19.3 Å². The molecule has 0 radical (unpaired) electrons. The summed E-state index contributed by atoms with van der Waals surface area (Å²) < 4.78 is 5.70. The van der Waals surface area contributed by atoms with Gasteiger partial charge in [0.15, 0.2) is 0 Å². The number of hydrogen-bond donors (Lipinski definition) is 0. The highest BCUT2D eigenvalue weighted by molar-refractivity contribution is 5.60. The number of carbonyl (C=O) groups excluding carboxylic acids is 1. The molecule has 4 saturated carbocycles. The Labute approximate surface area is 121 Å². The Morgan fingerprint density at radius 2 is 1.60 bits per heavy atom. The van der Waals surface area contributed by atoms with Gasteiger partial charge in [-0.15, -0.1) is 0 Å². The van der Waals surface area contributed by atoms with Crippen molar-refractivity contribution in [2.24, 2.45) is 17.8 Å².